The number of nitrogens with two attached hydrogens (primary N) is 1. The minimum atomic E-state index is 0.422. The highest BCUT2D eigenvalue weighted by molar-refractivity contribution is 7.80. The first kappa shape index (κ1) is 16.2. The molecule has 0 spiro atoms. The maximum atomic E-state index is 5.88. The molecule has 1 aromatic rings. The van der Waals surface area contributed by atoms with E-state index in [1.807, 2.05) is 13.8 Å². The molecule has 1 aliphatic rings. The highest BCUT2D eigenvalue weighted by atomic mass is 32.1. The number of rotatable bonds is 5. The van der Waals surface area contributed by atoms with Gasteiger partial charge in [-0.3, -0.25) is 4.98 Å². The quantitative estimate of drug-likeness (QED) is 0.819. The predicted octanol–water partition coefficient (Wildman–Crippen LogP) is 2.62. The standard InChI is InChI=1S/C16H26N4S/c1-4-7-20-8-5-13(6-9-20)19-14-10-11(2)18-12(3)15(14)16(17)21/h10,13H,4-9H2,1-3H3,(H2,17,21)(H,18,19). The zero-order valence-electron chi connectivity index (χ0n) is 13.3. The van der Waals surface area contributed by atoms with Gasteiger partial charge in [-0.25, -0.2) is 0 Å². The van der Waals surface area contributed by atoms with Crippen molar-refractivity contribution in [1.82, 2.24) is 9.88 Å². The van der Waals surface area contributed by atoms with Crippen molar-refractivity contribution in [3.8, 4) is 0 Å². The van der Waals surface area contributed by atoms with Crippen LogP contribution in [0.3, 0.4) is 0 Å². The summed E-state index contributed by atoms with van der Waals surface area (Å²) in [5.41, 5.74) is 9.72. The number of hydrogen-bond acceptors (Lipinski definition) is 4. The molecule has 1 fully saturated rings. The normalized spacial score (nSPS) is 16.9. The van der Waals surface area contributed by atoms with E-state index in [2.05, 4.69) is 28.2 Å². The van der Waals surface area contributed by atoms with E-state index in [-0.39, 0.29) is 0 Å². The Morgan fingerprint density at radius 1 is 1.43 bits per heavy atom. The second kappa shape index (κ2) is 7.18. The van der Waals surface area contributed by atoms with Gasteiger partial charge in [0.25, 0.3) is 0 Å². The summed E-state index contributed by atoms with van der Waals surface area (Å²) in [5.74, 6) is 0. The van der Waals surface area contributed by atoms with Crippen LogP contribution >= 0.6 is 12.2 Å². The molecular formula is C16H26N4S. The number of piperidine rings is 1. The third-order valence-corrected chi connectivity index (χ3v) is 4.27. The minimum Gasteiger partial charge on any atom is -0.389 e. The van der Waals surface area contributed by atoms with Crippen LogP contribution in [-0.2, 0) is 0 Å². The molecule has 2 heterocycles. The summed E-state index contributed by atoms with van der Waals surface area (Å²) < 4.78 is 0. The van der Waals surface area contributed by atoms with Crippen molar-refractivity contribution in [2.24, 2.45) is 5.73 Å². The number of thiocarbonyl (C=S) groups is 1. The number of aromatic nitrogens is 1. The van der Waals surface area contributed by atoms with Crippen LogP contribution in [0.25, 0.3) is 0 Å². The van der Waals surface area contributed by atoms with Gasteiger partial charge in [0.15, 0.2) is 0 Å². The van der Waals surface area contributed by atoms with Crippen molar-refractivity contribution in [2.75, 3.05) is 25.0 Å². The molecule has 0 unspecified atom stereocenters. The van der Waals surface area contributed by atoms with Crippen LogP contribution in [0.5, 0.6) is 0 Å². The monoisotopic (exact) mass is 306 g/mol. The molecule has 116 valence electrons. The van der Waals surface area contributed by atoms with Crippen molar-refractivity contribution in [3.05, 3.63) is 23.0 Å². The number of aryl methyl sites for hydroxylation is 2. The van der Waals surface area contributed by atoms with Crippen molar-refractivity contribution in [3.63, 3.8) is 0 Å². The Morgan fingerprint density at radius 2 is 2.10 bits per heavy atom. The van der Waals surface area contributed by atoms with Gasteiger partial charge in [0.05, 0.1) is 5.56 Å². The fourth-order valence-electron chi connectivity index (χ4n) is 3.09. The van der Waals surface area contributed by atoms with Crippen LogP contribution in [0.15, 0.2) is 6.07 Å². The zero-order valence-corrected chi connectivity index (χ0v) is 14.1. The summed E-state index contributed by atoms with van der Waals surface area (Å²) in [4.78, 5) is 7.43. The number of nitrogens with zero attached hydrogens (tertiary/aromatic N) is 2. The Balaban J connectivity index is 2.08. The maximum Gasteiger partial charge on any atom is 0.107 e. The van der Waals surface area contributed by atoms with Gasteiger partial charge in [-0.2, -0.15) is 0 Å². The van der Waals surface area contributed by atoms with Crippen molar-refractivity contribution in [2.45, 2.75) is 46.1 Å². The summed E-state index contributed by atoms with van der Waals surface area (Å²) in [6.07, 6.45) is 3.56. The average molecular weight is 306 g/mol. The molecule has 0 amide bonds. The van der Waals surface area contributed by atoms with E-state index < -0.39 is 0 Å². The largest absolute Gasteiger partial charge is 0.389 e. The van der Waals surface area contributed by atoms with Gasteiger partial charge in [0.2, 0.25) is 0 Å². The van der Waals surface area contributed by atoms with Crippen molar-refractivity contribution in [1.29, 1.82) is 0 Å². The Kier molecular flexibility index (Phi) is 5.53. The molecule has 0 saturated carbocycles. The first-order chi connectivity index (χ1) is 10.0. The summed E-state index contributed by atoms with van der Waals surface area (Å²) in [7, 11) is 0. The average Bonchev–Trinajstić information content (AvgIpc) is 2.40. The van der Waals surface area contributed by atoms with Gasteiger partial charge in [-0.15, -0.1) is 0 Å². The van der Waals surface area contributed by atoms with Gasteiger partial charge >= 0.3 is 0 Å². The second-order valence-corrected chi connectivity index (χ2v) is 6.34. The highest BCUT2D eigenvalue weighted by Crippen LogP contribution is 2.23. The molecule has 2 rings (SSSR count). The number of hydrogen-bond donors (Lipinski definition) is 2. The lowest BCUT2D eigenvalue weighted by Gasteiger charge is -2.33. The number of pyridine rings is 1. The Bertz CT molecular complexity index is 507. The Morgan fingerprint density at radius 3 is 2.67 bits per heavy atom. The lowest BCUT2D eigenvalue weighted by molar-refractivity contribution is 0.219. The van der Waals surface area contributed by atoms with Crippen LogP contribution in [0, 0.1) is 13.8 Å². The Hall–Kier alpha value is -1.20. The van der Waals surface area contributed by atoms with E-state index in [1.165, 1.54) is 13.0 Å². The van der Waals surface area contributed by atoms with Crippen LogP contribution in [0.1, 0.15) is 43.1 Å². The van der Waals surface area contributed by atoms with E-state index in [4.69, 9.17) is 18.0 Å². The molecule has 5 heteroatoms. The molecule has 1 aliphatic heterocycles. The molecule has 1 saturated heterocycles. The third kappa shape index (κ3) is 4.14. The van der Waals surface area contributed by atoms with Crippen LogP contribution in [-0.4, -0.2) is 40.5 Å². The molecule has 21 heavy (non-hydrogen) atoms. The molecule has 1 aromatic heterocycles. The van der Waals surface area contributed by atoms with Gasteiger partial charge < -0.3 is 16.0 Å². The van der Waals surface area contributed by atoms with Crippen molar-refractivity contribution < 1.29 is 0 Å². The SMILES string of the molecule is CCCN1CCC(Nc2cc(C)nc(C)c2C(N)=S)CC1. The summed E-state index contributed by atoms with van der Waals surface area (Å²) in [5, 5.41) is 3.64. The zero-order chi connectivity index (χ0) is 15.4. The van der Waals surface area contributed by atoms with E-state index in [9.17, 15) is 0 Å². The molecule has 0 aromatic carbocycles. The summed E-state index contributed by atoms with van der Waals surface area (Å²) in [6, 6.07) is 2.55. The van der Waals surface area contributed by atoms with E-state index in [0.717, 1.165) is 48.6 Å². The minimum absolute atomic E-state index is 0.422. The maximum absolute atomic E-state index is 5.88. The predicted molar refractivity (Wildman–Crippen MR) is 93.0 cm³/mol. The molecule has 0 aliphatic carbocycles. The fraction of sp³-hybridized carbons (Fsp3) is 0.625. The lowest BCUT2D eigenvalue weighted by atomic mass is 10.0. The van der Waals surface area contributed by atoms with Gasteiger partial charge in [-0.05, 0) is 45.7 Å². The van der Waals surface area contributed by atoms with Crippen LogP contribution in [0.4, 0.5) is 5.69 Å². The highest BCUT2D eigenvalue weighted by Gasteiger charge is 2.20. The first-order valence-electron chi connectivity index (χ1n) is 7.78. The fourth-order valence-corrected chi connectivity index (χ4v) is 3.35. The molecule has 0 bridgehead atoms. The van der Waals surface area contributed by atoms with Crippen LogP contribution < -0.4 is 11.1 Å². The van der Waals surface area contributed by atoms with Gasteiger partial charge in [0.1, 0.15) is 4.99 Å². The number of anilines is 1. The van der Waals surface area contributed by atoms with E-state index in [0.29, 0.717) is 11.0 Å². The number of nitrogens with one attached hydrogen (secondary N) is 1. The van der Waals surface area contributed by atoms with E-state index in [1.54, 1.807) is 0 Å². The molecule has 4 nitrogen and oxygen atoms in total. The summed E-state index contributed by atoms with van der Waals surface area (Å²) in [6.45, 7) is 9.75. The number of likely N-dealkylation sites (tertiary alicyclic amines) is 1. The lowest BCUT2D eigenvalue weighted by Crippen LogP contribution is -2.39. The second-order valence-electron chi connectivity index (χ2n) is 5.90. The van der Waals surface area contributed by atoms with Crippen molar-refractivity contribution >= 4 is 22.9 Å². The molecule has 3 N–H and O–H groups in total. The topological polar surface area (TPSA) is 54.2 Å². The first-order valence-corrected chi connectivity index (χ1v) is 8.19. The molecule has 0 atom stereocenters. The molecule has 0 radical (unpaired) electrons. The van der Waals surface area contributed by atoms with Gasteiger partial charge in [-0.1, -0.05) is 19.1 Å². The molecular weight excluding hydrogens is 280 g/mol. The third-order valence-electron chi connectivity index (χ3n) is 4.06. The summed E-state index contributed by atoms with van der Waals surface area (Å²) >= 11 is 5.19. The van der Waals surface area contributed by atoms with Crippen LogP contribution in [0.2, 0.25) is 0 Å². The Labute approximate surface area is 133 Å². The van der Waals surface area contributed by atoms with Gasteiger partial charge in [0, 0.05) is 36.2 Å². The van der Waals surface area contributed by atoms with E-state index >= 15 is 0 Å². The smallest absolute Gasteiger partial charge is 0.107 e.